The van der Waals surface area contributed by atoms with Gasteiger partial charge in [0.2, 0.25) is 0 Å². The minimum atomic E-state index is 0. The van der Waals surface area contributed by atoms with Crippen LogP contribution in [-0.4, -0.2) is 27.8 Å². The van der Waals surface area contributed by atoms with E-state index in [9.17, 15) is 0 Å². The van der Waals surface area contributed by atoms with E-state index in [-0.39, 0.29) is 75.8 Å². The van der Waals surface area contributed by atoms with Gasteiger partial charge in [-0.25, -0.2) is 0 Å². The minimum Gasteiger partial charge on any atom is -1.00 e. The molecule has 1 aliphatic rings. The molecule has 0 unspecified atom stereocenters. The van der Waals surface area contributed by atoms with Crippen LogP contribution in [-0.2, 0) is 0 Å². The van der Waals surface area contributed by atoms with Gasteiger partial charge in [0.1, 0.15) is 0 Å². The quantitative estimate of drug-likeness (QED) is 0.238. The molecule has 0 saturated carbocycles. The Kier molecular flexibility index (Phi) is 12.2. The number of hydrogen-bond donors (Lipinski definition) is 0. The van der Waals surface area contributed by atoms with Crippen molar-refractivity contribution < 1.29 is 48.0 Å². The summed E-state index contributed by atoms with van der Waals surface area (Å²) in [5.74, 6) is 5.02. The van der Waals surface area contributed by atoms with Crippen molar-refractivity contribution in [1.29, 1.82) is 0 Å². The summed E-state index contributed by atoms with van der Waals surface area (Å²) in [5, 5.41) is 6.62. The zero-order valence-corrected chi connectivity index (χ0v) is 14.1. The van der Waals surface area contributed by atoms with E-state index in [0.717, 1.165) is 0 Å². The third-order valence-electron chi connectivity index (χ3n) is 1.56. The summed E-state index contributed by atoms with van der Waals surface area (Å²) in [7, 11) is 0. The van der Waals surface area contributed by atoms with E-state index in [1.807, 2.05) is 0 Å². The van der Waals surface area contributed by atoms with Crippen LogP contribution in [0.25, 0.3) is 0 Å². The normalized spacial score (nSPS) is 21.0. The molecule has 0 aromatic rings. The van der Waals surface area contributed by atoms with Crippen LogP contribution in [0.2, 0.25) is 32.9 Å². The second-order valence-electron chi connectivity index (χ2n) is 2.38. The number of rotatable bonds is 0. The zero-order chi connectivity index (χ0) is 5.98. The zero-order valence-electron chi connectivity index (χ0n) is 6.40. The Balaban J connectivity index is 0. The average molecular weight is 498 g/mol. The summed E-state index contributed by atoms with van der Waals surface area (Å²) in [5.41, 5.74) is 0. The molecule has 1 heterocycles. The Morgan fingerprint density at radius 1 is 1.10 bits per heavy atom. The topological polar surface area (TPSA) is 0 Å². The van der Waals surface area contributed by atoms with Crippen molar-refractivity contribution in [3.05, 3.63) is 0 Å². The van der Waals surface area contributed by atoms with Gasteiger partial charge in [0.15, 0.2) is 0 Å². The van der Waals surface area contributed by atoms with Crippen LogP contribution in [0.5, 0.6) is 0 Å². The molecule has 1 fully saturated rings. The summed E-state index contributed by atoms with van der Waals surface area (Å²) in [4.78, 5) is 0. The van der Waals surface area contributed by atoms with Crippen LogP contribution >= 0.6 is 0 Å². The van der Waals surface area contributed by atoms with Crippen molar-refractivity contribution in [2.45, 2.75) is 32.9 Å². The Bertz CT molecular complexity index is 62.1. The van der Waals surface area contributed by atoms with Gasteiger partial charge in [0, 0.05) is 0 Å². The molecule has 10 heavy (non-hydrogen) atoms. The molecule has 1 saturated heterocycles. The molecule has 0 bridgehead atoms. The van der Waals surface area contributed by atoms with Gasteiger partial charge in [-0.3, -0.25) is 0 Å². The molecular formula is C6H14I2Se2-. The first kappa shape index (κ1) is 15.0. The number of hydrogen-bond acceptors (Lipinski definition) is 0. The Hall–Kier alpha value is 2.50. The van der Waals surface area contributed by atoms with Gasteiger partial charge >= 0.3 is 60.7 Å². The van der Waals surface area contributed by atoms with Crippen LogP contribution in [0, 0.1) is 0 Å². The molecule has 1 radical (unpaired) electrons. The van der Waals surface area contributed by atoms with Crippen LogP contribution in [0.15, 0.2) is 0 Å². The predicted octanol–water partition coefficient (Wildman–Crippen LogP) is -3.74. The van der Waals surface area contributed by atoms with Crippen LogP contribution in [0.3, 0.4) is 0 Å². The number of halogens is 2. The maximum absolute atomic E-state index is 2.51. The first-order chi connectivity index (χ1) is 3.79. The fourth-order valence-corrected chi connectivity index (χ4v) is 16.4. The van der Waals surface area contributed by atoms with E-state index in [2.05, 4.69) is 11.6 Å². The van der Waals surface area contributed by atoms with Crippen molar-refractivity contribution in [2.24, 2.45) is 0 Å². The van der Waals surface area contributed by atoms with E-state index in [1.54, 1.807) is 21.3 Å². The van der Waals surface area contributed by atoms with Crippen LogP contribution < -0.4 is 48.0 Å². The molecule has 1 aliphatic heterocycles. The Morgan fingerprint density at radius 2 is 1.50 bits per heavy atom. The van der Waals surface area contributed by atoms with Gasteiger partial charge < -0.3 is 48.0 Å². The first-order valence-corrected chi connectivity index (χ1v) is 11.2. The maximum atomic E-state index is 2.51. The standard InChI is InChI=1S/C6H14Se2.2HI/c1-7-3-5-8(2)6-4-7;;/h3-6H2,1-2H3;2*1H/q+1;;/p-2. The summed E-state index contributed by atoms with van der Waals surface area (Å²) < 4.78 is 0. The third kappa shape index (κ3) is 6.06. The van der Waals surface area contributed by atoms with Crippen LogP contribution in [0.4, 0.5) is 0 Å². The van der Waals surface area contributed by atoms with Crippen molar-refractivity contribution in [2.75, 3.05) is 0 Å². The molecular weight excluding hydrogens is 484 g/mol. The smallest absolute Gasteiger partial charge is 1.00 e. The fraction of sp³-hybridized carbons (Fsp3) is 1.00. The molecule has 0 amide bonds. The molecule has 0 spiro atoms. The predicted molar refractivity (Wildman–Crippen MR) is 42.5 cm³/mol. The van der Waals surface area contributed by atoms with E-state index in [1.165, 1.54) is 0 Å². The molecule has 4 heteroatoms. The van der Waals surface area contributed by atoms with Gasteiger partial charge in [-0.15, -0.1) is 0 Å². The van der Waals surface area contributed by atoms with Gasteiger partial charge in [-0.05, 0) is 0 Å². The third-order valence-corrected chi connectivity index (χ3v) is 11.7. The van der Waals surface area contributed by atoms with Gasteiger partial charge in [0.05, 0.1) is 0 Å². The fourth-order valence-electron chi connectivity index (χ4n) is 0.773. The molecule has 0 atom stereocenters. The van der Waals surface area contributed by atoms with Crippen molar-refractivity contribution in [1.82, 2.24) is 0 Å². The second-order valence-corrected chi connectivity index (χ2v) is 12.4. The molecule has 0 N–H and O–H groups in total. The summed E-state index contributed by atoms with van der Waals surface area (Å²) >= 11 is 0.0270. The largest absolute Gasteiger partial charge is 1.00 e. The first-order valence-electron chi connectivity index (χ1n) is 2.97. The van der Waals surface area contributed by atoms with E-state index in [4.69, 9.17) is 0 Å². The Morgan fingerprint density at radius 3 is 1.80 bits per heavy atom. The molecule has 0 nitrogen and oxygen atoms in total. The van der Waals surface area contributed by atoms with Crippen molar-refractivity contribution >= 4 is 27.8 Å². The van der Waals surface area contributed by atoms with Crippen molar-refractivity contribution in [3.63, 3.8) is 0 Å². The Labute approximate surface area is 107 Å². The average Bonchev–Trinajstić information content (AvgIpc) is 1.77. The minimum absolute atomic E-state index is 0. The van der Waals surface area contributed by atoms with Gasteiger partial charge in [-0.2, -0.15) is 0 Å². The SMILES string of the molecule is C[Se]1CC[Se+](C)CC1.[I-].[I-]. The van der Waals surface area contributed by atoms with Gasteiger partial charge in [0.25, 0.3) is 0 Å². The summed E-state index contributed by atoms with van der Waals surface area (Å²) in [6.45, 7) is 0. The molecule has 1 rings (SSSR count). The monoisotopic (exact) mass is 500 g/mol. The summed E-state index contributed by atoms with van der Waals surface area (Å²) in [6.07, 6.45) is 0. The van der Waals surface area contributed by atoms with E-state index < -0.39 is 0 Å². The van der Waals surface area contributed by atoms with Gasteiger partial charge in [-0.1, -0.05) is 0 Å². The molecule has 0 aromatic heterocycles. The summed E-state index contributed by atoms with van der Waals surface area (Å²) in [6, 6.07) is 0. The van der Waals surface area contributed by atoms with E-state index >= 15 is 0 Å². The molecule has 65 valence electrons. The second kappa shape index (κ2) is 8.11. The van der Waals surface area contributed by atoms with E-state index in [0.29, 0.717) is 0 Å². The maximum Gasteiger partial charge on any atom is -1.00 e. The van der Waals surface area contributed by atoms with Crippen LogP contribution in [0.1, 0.15) is 0 Å². The molecule has 0 aliphatic carbocycles. The van der Waals surface area contributed by atoms with Crippen molar-refractivity contribution in [3.8, 4) is 0 Å². The molecule has 0 aromatic carbocycles.